The molecule has 2 N–H and O–H groups in total. The molecular weight excluding hydrogens is 402 g/mol. The number of hydrogen-bond acceptors (Lipinski definition) is 4. The van der Waals surface area contributed by atoms with E-state index >= 15 is 0 Å². The molecule has 0 radical (unpaired) electrons. The number of benzene rings is 1. The average Bonchev–Trinajstić information content (AvgIpc) is 3.31. The molecule has 0 amide bonds. The molecule has 4 rings (SSSR count). The van der Waals surface area contributed by atoms with Gasteiger partial charge in [0.25, 0.3) is 0 Å². The summed E-state index contributed by atoms with van der Waals surface area (Å²) in [5.74, 6) is 1.56. The van der Waals surface area contributed by atoms with E-state index in [0.717, 1.165) is 29.1 Å². The Balaban J connectivity index is 1.70. The molecule has 3 heterocycles. The van der Waals surface area contributed by atoms with Crippen LogP contribution in [-0.4, -0.2) is 18.0 Å². The SMILES string of the molecule is CC(C)Cc1cc(-c2ccc(C3CC(C)(C)c4nccn43)cc2)c(S(N)(=O)=O)s1. The number of aromatic nitrogens is 2. The van der Waals surface area contributed by atoms with Crippen molar-refractivity contribution in [1.29, 1.82) is 0 Å². The van der Waals surface area contributed by atoms with Crippen molar-refractivity contribution in [1.82, 2.24) is 9.55 Å². The quantitative estimate of drug-likeness (QED) is 0.637. The van der Waals surface area contributed by atoms with Crippen molar-refractivity contribution in [2.75, 3.05) is 0 Å². The predicted octanol–water partition coefficient (Wildman–Crippen LogP) is 4.73. The summed E-state index contributed by atoms with van der Waals surface area (Å²) in [7, 11) is -3.76. The largest absolute Gasteiger partial charge is 0.327 e. The lowest BCUT2D eigenvalue weighted by Gasteiger charge is -2.17. The van der Waals surface area contributed by atoms with Crippen LogP contribution in [0, 0.1) is 5.92 Å². The summed E-state index contributed by atoms with van der Waals surface area (Å²) in [6.07, 6.45) is 5.73. The molecule has 1 aliphatic heterocycles. The first-order valence-electron chi connectivity index (χ1n) is 9.85. The van der Waals surface area contributed by atoms with Gasteiger partial charge in [0.05, 0.1) is 6.04 Å². The summed E-state index contributed by atoms with van der Waals surface area (Å²) in [6.45, 7) is 8.69. The van der Waals surface area contributed by atoms with Crippen molar-refractivity contribution < 1.29 is 8.42 Å². The van der Waals surface area contributed by atoms with Gasteiger partial charge in [-0.2, -0.15) is 0 Å². The highest BCUT2D eigenvalue weighted by Gasteiger charge is 2.38. The molecule has 0 saturated heterocycles. The molecule has 154 valence electrons. The van der Waals surface area contributed by atoms with Crippen LogP contribution in [0.2, 0.25) is 0 Å². The van der Waals surface area contributed by atoms with Gasteiger partial charge in [-0.25, -0.2) is 18.5 Å². The first-order chi connectivity index (χ1) is 13.6. The highest BCUT2D eigenvalue weighted by molar-refractivity contribution is 7.91. The number of thiophene rings is 1. The topological polar surface area (TPSA) is 78.0 Å². The molecule has 1 unspecified atom stereocenters. The molecule has 0 spiro atoms. The first-order valence-corrected chi connectivity index (χ1v) is 12.2. The summed E-state index contributed by atoms with van der Waals surface area (Å²) < 4.78 is 26.8. The normalized spacial score (nSPS) is 18.3. The van der Waals surface area contributed by atoms with E-state index in [0.29, 0.717) is 11.5 Å². The fourth-order valence-corrected chi connectivity index (χ4v) is 6.65. The first kappa shape index (κ1) is 20.3. The second kappa shape index (κ2) is 7.07. The van der Waals surface area contributed by atoms with Crippen LogP contribution in [0.1, 0.15) is 56.4 Å². The van der Waals surface area contributed by atoms with Crippen LogP contribution in [0.15, 0.2) is 46.9 Å². The Labute approximate surface area is 176 Å². The zero-order valence-corrected chi connectivity index (χ0v) is 18.8. The second-order valence-corrected chi connectivity index (χ2v) is 11.8. The molecule has 3 aromatic rings. The van der Waals surface area contributed by atoms with Gasteiger partial charge < -0.3 is 4.57 Å². The summed E-state index contributed by atoms with van der Waals surface area (Å²) in [6, 6.07) is 10.4. The van der Waals surface area contributed by atoms with Crippen LogP contribution in [0.3, 0.4) is 0 Å². The number of nitrogens with zero attached hydrogens (tertiary/aromatic N) is 2. The molecule has 0 fully saturated rings. The molecule has 2 aromatic heterocycles. The monoisotopic (exact) mass is 429 g/mol. The second-order valence-electron chi connectivity index (χ2n) is 8.94. The van der Waals surface area contributed by atoms with Crippen LogP contribution in [-0.2, 0) is 21.9 Å². The zero-order valence-electron chi connectivity index (χ0n) is 17.2. The van der Waals surface area contributed by atoms with Crippen LogP contribution < -0.4 is 5.14 Å². The third-order valence-corrected chi connectivity index (χ3v) is 8.17. The highest BCUT2D eigenvalue weighted by Crippen LogP contribution is 2.43. The molecule has 0 aliphatic carbocycles. The number of nitrogens with two attached hydrogens (primary N) is 1. The molecule has 0 saturated carbocycles. The molecule has 1 aromatic carbocycles. The maximum atomic E-state index is 12.2. The van der Waals surface area contributed by atoms with E-state index in [-0.39, 0.29) is 15.7 Å². The molecular formula is C22H27N3O2S2. The van der Waals surface area contributed by atoms with E-state index < -0.39 is 10.0 Å². The number of primary sulfonamides is 1. The molecule has 1 aliphatic rings. The van der Waals surface area contributed by atoms with Crippen LogP contribution in [0.25, 0.3) is 11.1 Å². The van der Waals surface area contributed by atoms with Crippen molar-refractivity contribution >= 4 is 21.4 Å². The van der Waals surface area contributed by atoms with E-state index in [1.54, 1.807) is 0 Å². The maximum absolute atomic E-state index is 12.2. The Hall–Kier alpha value is -1.96. The molecule has 29 heavy (non-hydrogen) atoms. The Morgan fingerprint density at radius 2 is 1.97 bits per heavy atom. The van der Waals surface area contributed by atoms with Crippen LogP contribution in [0.4, 0.5) is 0 Å². The van der Waals surface area contributed by atoms with Crippen LogP contribution >= 0.6 is 11.3 Å². The van der Waals surface area contributed by atoms with Gasteiger partial charge >= 0.3 is 0 Å². The average molecular weight is 430 g/mol. The van der Waals surface area contributed by atoms with Gasteiger partial charge in [0.15, 0.2) is 0 Å². The lowest BCUT2D eigenvalue weighted by Crippen LogP contribution is -2.13. The third kappa shape index (κ3) is 3.79. The number of imidazole rings is 1. The van der Waals surface area contributed by atoms with Gasteiger partial charge in [-0.1, -0.05) is 52.0 Å². The lowest BCUT2D eigenvalue weighted by atomic mass is 9.87. The number of hydrogen-bond donors (Lipinski definition) is 1. The Kier molecular flexibility index (Phi) is 4.96. The van der Waals surface area contributed by atoms with Crippen molar-refractivity contribution in [2.24, 2.45) is 11.1 Å². The Bertz CT molecular complexity index is 1140. The Morgan fingerprint density at radius 1 is 1.28 bits per heavy atom. The van der Waals surface area contributed by atoms with Gasteiger partial charge in [-0.05, 0) is 36.0 Å². The van der Waals surface area contributed by atoms with Gasteiger partial charge in [0, 0.05) is 28.2 Å². The standard InChI is InChI=1S/C22H27N3O2S2/c1-14(2)11-17-12-18(20(28-17)29(23,26)27)15-5-7-16(8-6-15)19-13-22(3,4)21-24-9-10-25(19)21/h5-10,12,14,19H,11,13H2,1-4H3,(H2,23,26,27). The van der Waals surface area contributed by atoms with Crippen LogP contribution in [0.5, 0.6) is 0 Å². The van der Waals surface area contributed by atoms with E-state index in [9.17, 15) is 8.42 Å². The zero-order chi connectivity index (χ0) is 21.0. The summed E-state index contributed by atoms with van der Waals surface area (Å²) in [5.41, 5.74) is 2.82. The molecule has 7 heteroatoms. The number of rotatable bonds is 5. The van der Waals surface area contributed by atoms with E-state index in [1.807, 2.05) is 30.6 Å². The molecule has 0 bridgehead atoms. The lowest BCUT2D eigenvalue weighted by molar-refractivity contribution is 0.479. The third-order valence-electron chi connectivity index (χ3n) is 5.54. The summed E-state index contributed by atoms with van der Waals surface area (Å²) in [4.78, 5) is 5.58. The van der Waals surface area contributed by atoms with Gasteiger partial charge in [0.1, 0.15) is 10.0 Å². The summed E-state index contributed by atoms with van der Waals surface area (Å²) >= 11 is 1.29. The number of fused-ring (bicyclic) bond motifs is 1. The maximum Gasteiger partial charge on any atom is 0.248 e. The van der Waals surface area contributed by atoms with Crippen molar-refractivity contribution in [3.8, 4) is 11.1 Å². The number of sulfonamides is 1. The minimum absolute atomic E-state index is 0.0345. The molecule has 5 nitrogen and oxygen atoms in total. The summed E-state index contributed by atoms with van der Waals surface area (Å²) in [5, 5.41) is 5.51. The van der Waals surface area contributed by atoms with Gasteiger partial charge in [-0.15, -0.1) is 11.3 Å². The minimum atomic E-state index is -3.76. The van der Waals surface area contributed by atoms with E-state index in [2.05, 4.69) is 49.4 Å². The minimum Gasteiger partial charge on any atom is -0.327 e. The fourth-order valence-electron chi connectivity index (χ4n) is 4.26. The molecule has 1 atom stereocenters. The Morgan fingerprint density at radius 3 is 2.59 bits per heavy atom. The van der Waals surface area contributed by atoms with E-state index in [1.165, 1.54) is 16.9 Å². The van der Waals surface area contributed by atoms with E-state index in [4.69, 9.17) is 5.14 Å². The van der Waals surface area contributed by atoms with Crippen molar-refractivity contribution in [2.45, 2.75) is 56.2 Å². The highest BCUT2D eigenvalue weighted by atomic mass is 32.2. The predicted molar refractivity (Wildman–Crippen MR) is 118 cm³/mol. The van der Waals surface area contributed by atoms with Crippen molar-refractivity contribution in [3.63, 3.8) is 0 Å². The van der Waals surface area contributed by atoms with Gasteiger partial charge in [0.2, 0.25) is 10.0 Å². The van der Waals surface area contributed by atoms with Crippen molar-refractivity contribution in [3.05, 3.63) is 59.0 Å². The smallest absolute Gasteiger partial charge is 0.248 e. The van der Waals surface area contributed by atoms with Gasteiger partial charge in [-0.3, -0.25) is 0 Å². The fraction of sp³-hybridized carbons (Fsp3) is 0.409.